The van der Waals surface area contributed by atoms with Gasteiger partial charge in [0.2, 0.25) is 0 Å². The maximum atomic E-state index is 13.0. The Morgan fingerprint density at radius 1 is 1.11 bits per heavy atom. The van der Waals surface area contributed by atoms with E-state index in [0.29, 0.717) is 38.4 Å². The van der Waals surface area contributed by atoms with E-state index >= 15 is 0 Å². The maximum Gasteiger partial charge on any atom is 0.414 e. The van der Waals surface area contributed by atoms with Gasteiger partial charge in [-0.3, -0.25) is 9.69 Å². The van der Waals surface area contributed by atoms with Crippen molar-refractivity contribution in [2.24, 2.45) is 0 Å². The first-order chi connectivity index (χ1) is 13.7. The molecule has 2 aromatic rings. The predicted octanol–water partition coefficient (Wildman–Crippen LogP) is 3.36. The molecule has 3 rings (SSSR count). The number of benzene rings is 2. The number of aryl methyl sites for hydroxylation is 1. The molecule has 6 nitrogen and oxygen atoms in total. The van der Waals surface area contributed by atoms with E-state index in [0.717, 1.165) is 18.5 Å². The molecule has 2 aromatic carbocycles. The summed E-state index contributed by atoms with van der Waals surface area (Å²) in [5, 5.41) is 0. The van der Waals surface area contributed by atoms with Crippen molar-refractivity contribution in [3.05, 3.63) is 65.7 Å². The Morgan fingerprint density at radius 2 is 1.86 bits per heavy atom. The number of nitrogens with zero attached hydrogens (tertiary/aromatic N) is 2. The first-order valence-electron chi connectivity index (χ1n) is 9.55. The van der Waals surface area contributed by atoms with Gasteiger partial charge in [-0.1, -0.05) is 30.3 Å². The number of rotatable bonds is 9. The molecule has 1 saturated heterocycles. The Balaban J connectivity index is 1.62. The molecule has 0 aromatic heterocycles. The summed E-state index contributed by atoms with van der Waals surface area (Å²) in [5.74, 6) is -0.0272. The molecule has 0 radical (unpaired) electrons. The van der Waals surface area contributed by atoms with E-state index in [1.807, 2.05) is 23.1 Å². The molecule has 0 saturated carbocycles. The van der Waals surface area contributed by atoms with Crippen LogP contribution in [0.3, 0.4) is 0 Å². The van der Waals surface area contributed by atoms with Crippen molar-refractivity contribution < 1.29 is 19.1 Å². The minimum absolute atomic E-state index is 0.0272. The van der Waals surface area contributed by atoms with Crippen LogP contribution in [0.25, 0.3) is 0 Å². The van der Waals surface area contributed by atoms with Gasteiger partial charge >= 0.3 is 6.09 Å². The van der Waals surface area contributed by atoms with Gasteiger partial charge in [0, 0.05) is 31.5 Å². The van der Waals surface area contributed by atoms with Crippen LogP contribution in [0.15, 0.2) is 54.6 Å². The third-order valence-corrected chi connectivity index (χ3v) is 4.78. The van der Waals surface area contributed by atoms with Crippen molar-refractivity contribution in [2.45, 2.75) is 12.8 Å². The molecular weight excluding hydrogens is 356 g/mol. The summed E-state index contributed by atoms with van der Waals surface area (Å²) in [5.41, 5.74) is 2.61. The van der Waals surface area contributed by atoms with E-state index in [1.165, 1.54) is 5.56 Å². The van der Waals surface area contributed by atoms with Gasteiger partial charge in [-0.15, -0.1) is 0 Å². The van der Waals surface area contributed by atoms with E-state index in [9.17, 15) is 9.59 Å². The van der Waals surface area contributed by atoms with Gasteiger partial charge in [0.05, 0.1) is 13.2 Å². The molecule has 1 fully saturated rings. The van der Waals surface area contributed by atoms with Crippen molar-refractivity contribution >= 4 is 17.7 Å². The molecule has 6 heteroatoms. The zero-order chi connectivity index (χ0) is 19.8. The monoisotopic (exact) mass is 382 g/mol. The highest BCUT2D eigenvalue weighted by molar-refractivity contribution is 5.95. The zero-order valence-electron chi connectivity index (χ0n) is 16.2. The van der Waals surface area contributed by atoms with Crippen molar-refractivity contribution in [1.82, 2.24) is 4.90 Å². The van der Waals surface area contributed by atoms with Gasteiger partial charge in [-0.25, -0.2) is 4.79 Å². The van der Waals surface area contributed by atoms with E-state index in [4.69, 9.17) is 9.47 Å². The minimum Gasteiger partial charge on any atom is -0.447 e. The summed E-state index contributed by atoms with van der Waals surface area (Å²) in [4.78, 5) is 28.0. The van der Waals surface area contributed by atoms with Crippen molar-refractivity contribution in [3.63, 3.8) is 0 Å². The Hall–Kier alpha value is -2.86. The van der Waals surface area contributed by atoms with Crippen LogP contribution in [0.5, 0.6) is 0 Å². The van der Waals surface area contributed by atoms with E-state index in [1.54, 1.807) is 36.3 Å². The number of hydrogen-bond donors (Lipinski definition) is 0. The van der Waals surface area contributed by atoms with Crippen LogP contribution in [-0.4, -0.2) is 56.9 Å². The van der Waals surface area contributed by atoms with Gasteiger partial charge < -0.3 is 14.4 Å². The SMILES string of the molecule is COCCN(CCCc1ccccc1)C(=O)c1ccc(N2CCOC2=O)cc1. The van der Waals surface area contributed by atoms with Crippen molar-refractivity contribution in [3.8, 4) is 0 Å². The second-order valence-corrected chi connectivity index (χ2v) is 6.69. The Labute approximate surface area is 165 Å². The second-order valence-electron chi connectivity index (χ2n) is 6.69. The van der Waals surface area contributed by atoms with Gasteiger partial charge in [-0.05, 0) is 42.7 Å². The fourth-order valence-electron chi connectivity index (χ4n) is 3.23. The topological polar surface area (TPSA) is 59.1 Å². The standard InChI is InChI=1S/C22H26N2O4/c1-27-16-14-23(13-5-8-18-6-3-2-4-7-18)21(25)19-9-11-20(12-10-19)24-15-17-28-22(24)26/h2-4,6-7,9-12H,5,8,13-17H2,1H3. The first kappa shape index (κ1) is 19.9. The molecule has 2 amide bonds. The lowest BCUT2D eigenvalue weighted by molar-refractivity contribution is 0.0693. The second kappa shape index (κ2) is 9.90. The van der Waals surface area contributed by atoms with Crippen molar-refractivity contribution in [2.75, 3.05) is 44.9 Å². The number of hydrogen-bond acceptors (Lipinski definition) is 4. The largest absolute Gasteiger partial charge is 0.447 e. The van der Waals surface area contributed by atoms with Gasteiger partial charge in [0.15, 0.2) is 0 Å². The van der Waals surface area contributed by atoms with Crippen LogP contribution in [0.1, 0.15) is 22.3 Å². The van der Waals surface area contributed by atoms with Crippen LogP contribution < -0.4 is 4.90 Å². The van der Waals surface area contributed by atoms with Crippen LogP contribution in [0, 0.1) is 0 Å². The van der Waals surface area contributed by atoms with Crippen LogP contribution in [0.2, 0.25) is 0 Å². The fourth-order valence-corrected chi connectivity index (χ4v) is 3.23. The van der Waals surface area contributed by atoms with Crippen LogP contribution in [-0.2, 0) is 15.9 Å². The number of methoxy groups -OCH3 is 1. The third-order valence-electron chi connectivity index (χ3n) is 4.78. The molecule has 0 bridgehead atoms. The van der Waals surface area contributed by atoms with E-state index in [-0.39, 0.29) is 12.0 Å². The molecule has 1 aliphatic rings. The number of carbonyl (C=O) groups is 2. The Bertz CT molecular complexity index is 777. The summed E-state index contributed by atoms with van der Waals surface area (Å²) < 4.78 is 10.1. The smallest absolute Gasteiger partial charge is 0.414 e. The molecule has 148 valence electrons. The molecule has 0 atom stereocenters. The van der Waals surface area contributed by atoms with Gasteiger partial charge in [-0.2, -0.15) is 0 Å². The normalized spacial score (nSPS) is 13.5. The van der Waals surface area contributed by atoms with Gasteiger partial charge in [0.25, 0.3) is 5.91 Å². The average molecular weight is 382 g/mol. The summed E-state index contributed by atoms with van der Waals surface area (Å²) in [6, 6.07) is 17.4. The molecule has 28 heavy (non-hydrogen) atoms. The Morgan fingerprint density at radius 3 is 2.50 bits per heavy atom. The number of anilines is 1. The lowest BCUT2D eigenvalue weighted by Crippen LogP contribution is -2.35. The molecule has 1 aliphatic heterocycles. The number of cyclic esters (lactones) is 1. The molecule has 0 N–H and O–H groups in total. The molecule has 0 aliphatic carbocycles. The quantitative estimate of drug-likeness (QED) is 0.667. The average Bonchev–Trinajstić information content (AvgIpc) is 3.17. The Kier molecular flexibility index (Phi) is 7.03. The molecular formula is C22H26N2O4. The maximum absolute atomic E-state index is 13.0. The van der Waals surface area contributed by atoms with Crippen LogP contribution in [0.4, 0.5) is 10.5 Å². The minimum atomic E-state index is -0.346. The highest BCUT2D eigenvalue weighted by Gasteiger charge is 2.24. The number of amides is 2. The summed E-state index contributed by atoms with van der Waals surface area (Å²) in [6.07, 6.45) is 1.46. The third kappa shape index (κ3) is 5.10. The highest BCUT2D eigenvalue weighted by Crippen LogP contribution is 2.20. The summed E-state index contributed by atoms with van der Waals surface area (Å²) in [6.45, 7) is 2.63. The van der Waals surface area contributed by atoms with E-state index in [2.05, 4.69) is 12.1 Å². The highest BCUT2D eigenvalue weighted by atomic mass is 16.6. The lowest BCUT2D eigenvalue weighted by atomic mass is 10.1. The first-order valence-corrected chi connectivity index (χ1v) is 9.55. The van der Waals surface area contributed by atoms with E-state index < -0.39 is 0 Å². The lowest BCUT2D eigenvalue weighted by Gasteiger charge is -2.23. The number of carbonyl (C=O) groups excluding carboxylic acids is 2. The summed E-state index contributed by atoms with van der Waals surface area (Å²) in [7, 11) is 1.64. The molecule has 0 unspecified atom stereocenters. The zero-order valence-corrected chi connectivity index (χ0v) is 16.2. The summed E-state index contributed by atoms with van der Waals surface area (Å²) >= 11 is 0. The number of ether oxygens (including phenoxy) is 2. The van der Waals surface area contributed by atoms with Crippen molar-refractivity contribution in [1.29, 1.82) is 0 Å². The van der Waals surface area contributed by atoms with Gasteiger partial charge in [0.1, 0.15) is 6.61 Å². The van der Waals surface area contributed by atoms with Crippen LogP contribution >= 0.6 is 0 Å². The fraction of sp³-hybridized carbons (Fsp3) is 0.364. The molecule has 0 spiro atoms. The molecule has 1 heterocycles. The predicted molar refractivity (Wildman–Crippen MR) is 108 cm³/mol.